The minimum Gasteiger partial charge on any atom is -0.508 e. The standard InChI is InChI=1S/C16H16N2O2/c17-15-7-6-13(19)9-14(15)16(20)18-12-5-4-10-2-1-3-11(10)8-12/h4-9,19H,1-3,17H2,(H,18,20). The number of amides is 1. The fourth-order valence-electron chi connectivity index (χ4n) is 2.59. The molecule has 0 spiro atoms. The Hall–Kier alpha value is -2.49. The number of fused-ring (bicyclic) bond motifs is 1. The van der Waals surface area contributed by atoms with Crippen LogP contribution < -0.4 is 11.1 Å². The summed E-state index contributed by atoms with van der Waals surface area (Å²) in [6.45, 7) is 0. The summed E-state index contributed by atoms with van der Waals surface area (Å²) in [6.07, 6.45) is 3.35. The van der Waals surface area contributed by atoms with Crippen LogP contribution in [0.4, 0.5) is 11.4 Å². The van der Waals surface area contributed by atoms with E-state index in [9.17, 15) is 9.90 Å². The summed E-state index contributed by atoms with van der Waals surface area (Å²) in [5, 5.41) is 12.3. The number of aryl methyl sites for hydroxylation is 2. The molecule has 102 valence electrons. The third kappa shape index (κ3) is 2.32. The van der Waals surface area contributed by atoms with Gasteiger partial charge in [-0.1, -0.05) is 6.07 Å². The second kappa shape index (κ2) is 4.89. The summed E-state index contributed by atoms with van der Waals surface area (Å²) in [5.74, 6) is -0.283. The van der Waals surface area contributed by atoms with Crippen molar-refractivity contribution in [1.82, 2.24) is 0 Å². The number of nitrogens with two attached hydrogens (primary N) is 1. The molecule has 0 aromatic heterocycles. The number of hydrogen-bond donors (Lipinski definition) is 3. The van der Waals surface area contributed by atoms with Crippen molar-refractivity contribution in [3.05, 3.63) is 53.1 Å². The predicted octanol–water partition coefficient (Wildman–Crippen LogP) is 2.72. The average Bonchev–Trinajstić information content (AvgIpc) is 2.89. The molecule has 0 radical (unpaired) electrons. The molecule has 4 N–H and O–H groups in total. The Morgan fingerprint density at radius 1 is 1.10 bits per heavy atom. The summed E-state index contributed by atoms with van der Waals surface area (Å²) in [5.41, 5.74) is 9.81. The van der Waals surface area contributed by atoms with E-state index in [0.29, 0.717) is 5.69 Å². The van der Waals surface area contributed by atoms with E-state index in [2.05, 4.69) is 11.4 Å². The van der Waals surface area contributed by atoms with Gasteiger partial charge < -0.3 is 16.2 Å². The average molecular weight is 268 g/mol. The van der Waals surface area contributed by atoms with E-state index < -0.39 is 0 Å². The van der Waals surface area contributed by atoms with Crippen molar-refractivity contribution in [2.24, 2.45) is 0 Å². The quantitative estimate of drug-likeness (QED) is 0.579. The lowest BCUT2D eigenvalue weighted by molar-refractivity contribution is 0.102. The van der Waals surface area contributed by atoms with Gasteiger partial charge in [-0.2, -0.15) is 0 Å². The maximum Gasteiger partial charge on any atom is 0.257 e. The van der Waals surface area contributed by atoms with Crippen LogP contribution in [0.15, 0.2) is 36.4 Å². The fraction of sp³-hybridized carbons (Fsp3) is 0.188. The van der Waals surface area contributed by atoms with Gasteiger partial charge in [0, 0.05) is 11.4 Å². The number of hydrogen-bond acceptors (Lipinski definition) is 3. The molecule has 2 aromatic carbocycles. The molecule has 4 nitrogen and oxygen atoms in total. The van der Waals surface area contributed by atoms with Crippen LogP contribution in [-0.4, -0.2) is 11.0 Å². The largest absolute Gasteiger partial charge is 0.508 e. The van der Waals surface area contributed by atoms with Crippen LogP contribution in [-0.2, 0) is 12.8 Å². The summed E-state index contributed by atoms with van der Waals surface area (Å²) in [4.78, 5) is 12.2. The van der Waals surface area contributed by atoms with E-state index in [1.54, 1.807) is 0 Å². The van der Waals surface area contributed by atoms with Gasteiger partial charge in [0.15, 0.2) is 0 Å². The zero-order valence-electron chi connectivity index (χ0n) is 11.0. The summed E-state index contributed by atoms with van der Waals surface area (Å²) >= 11 is 0. The molecule has 0 heterocycles. The highest BCUT2D eigenvalue weighted by molar-refractivity contribution is 6.08. The molecule has 1 amide bonds. The van der Waals surface area contributed by atoms with Crippen molar-refractivity contribution in [3.63, 3.8) is 0 Å². The zero-order chi connectivity index (χ0) is 14.1. The summed E-state index contributed by atoms with van der Waals surface area (Å²) in [7, 11) is 0. The predicted molar refractivity (Wildman–Crippen MR) is 78.9 cm³/mol. The molecule has 3 rings (SSSR count). The van der Waals surface area contributed by atoms with Crippen molar-refractivity contribution < 1.29 is 9.90 Å². The molecule has 4 heteroatoms. The number of nitrogens with one attached hydrogen (secondary N) is 1. The molecule has 20 heavy (non-hydrogen) atoms. The van der Waals surface area contributed by atoms with Crippen molar-refractivity contribution in [1.29, 1.82) is 0 Å². The van der Waals surface area contributed by atoms with Gasteiger partial charge in [0.05, 0.1) is 5.56 Å². The molecule has 0 unspecified atom stereocenters. The van der Waals surface area contributed by atoms with E-state index in [4.69, 9.17) is 5.73 Å². The zero-order valence-corrected chi connectivity index (χ0v) is 11.0. The molecule has 1 aliphatic rings. The van der Waals surface area contributed by atoms with Crippen LogP contribution in [0.5, 0.6) is 5.75 Å². The number of rotatable bonds is 2. The maximum atomic E-state index is 12.2. The molecule has 2 aromatic rings. The van der Waals surface area contributed by atoms with Crippen LogP contribution >= 0.6 is 0 Å². The first-order valence-corrected chi connectivity index (χ1v) is 6.65. The van der Waals surface area contributed by atoms with Crippen LogP contribution in [0, 0.1) is 0 Å². The highest BCUT2D eigenvalue weighted by Gasteiger charge is 2.14. The van der Waals surface area contributed by atoms with Crippen molar-refractivity contribution >= 4 is 17.3 Å². The minimum absolute atomic E-state index is 0.0262. The highest BCUT2D eigenvalue weighted by atomic mass is 16.3. The van der Waals surface area contributed by atoms with Gasteiger partial charge in [-0.3, -0.25) is 4.79 Å². The Kier molecular flexibility index (Phi) is 3.06. The van der Waals surface area contributed by atoms with Crippen LogP contribution in [0.3, 0.4) is 0 Å². The van der Waals surface area contributed by atoms with E-state index >= 15 is 0 Å². The van der Waals surface area contributed by atoms with Crippen molar-refractivity contribution in [3.8, 4) is 5.75 Å². The minimum atomic E-state index is -0.309. The van der Waals surface area contributed by atoms with Gasteiger partial charge in [-0.25, -0.2) is 0 Å². The molecule has 0 bridgehead atoms. The first kappa shape index (κ1) is 12.5. The van der Waals surface area contributed by atoms with Gasteiger partial charge >= 0.3 is 0 Å². The molecule has 0 atom stereocenters. The van der Waals surface area contributed by atoms with Gasteiger partial charge in [-0.15, -0.1) is 0 Å². The number of carbonyl (C=O) groups is 1. The van der Waals surface area contributed by atoms with E-state index in [-0.39, 0.29) is 17.2 Å². The molecular weight excluding hydrogens is 252 g/mol. The van der Waals surface area contributed by atoms with Crippen LogP contribution in [0.25, 0.3) is 0 Å². The number of phenolic OH excluding ortho intramolecular Hbond substituents is 1. The Bertz CT molecular complexity index is 680. The van der Waals surface area contributed by atoms with Crippen LogP contribution in [0.2, 0.25) is 0 Å². The lowest BCUT2D eigenvalue weighted by Gasteiger charge is -2.09. The third-order valence-corrected chi connectivity index (χ3v) is 3.64. The molecule has 0 fully saturated rings. The second-order valence-electron chi connectivity index (χ2n) is 5.06. The first-order chi connectivity index (χ1) is 9.63. The summed E-state index contributed by atoms with van der Waals surface area (Å²) in [6, 6.07) is 10.3. The molecule has 1 aliphatic carbocycles. The molecule has 0 saturated carbocycles. The Balaban J connectivity index is 1.84. The normalized spacial score (nSPS) is 13.0. The molecule has 0 saturated heterocycles. The molecule has 0 aliphatic heterocycles. The van der Waals surface area contributed by atoms with E-state index in [1.807, 2.05) is 12.1 Å². The number of phenols is 1. The third-order valence-electron chi connectivity index (χ3n) is 3.64. The van der Waals surface area contributed by atoms with Gasteiger partial charge in [-0.05, 0) is 60.7 Å². The van der Waals surface area contributed by atoms with Crippen LogP contribution in [0.1, 0.15) is 27.9 Å². The number of benzene rings is 2. The number of aromatic hydroxyl groups is 1. The first-order valence-electron chi connectivity index (χ1n) is 6.65. The van der Waals surface area contributed by atoms with Crippen molar-refractivity contribution in [2.75, 3.05) is 11.1 Å². The fourth-order valence-corrected chi connectivity index (χ4v) is 2.59. The molecular formula is C16H16N2O2. The van der Waals surface area contributed by atoms with Gasteiger partial charge in [0.25, 0.3) is 5.91 Å². The van der Waals surface area contributed by atoms with E-state index in [1.165, 1.54) is 35.7 Å². The van der Waals surface area contributed by atoms with Gasteiger partial charge in [0.2, 0.25) is 0 Å². The maximum absolute atomic E-state index is 12.2. The number of carbonyl (C=O) groups excluding carboxylic acids is 1. The Labute approximate surface area is 117 Å². The Morgan fingerprint density at radius 3 is 2.75 bits per heavy atom. The SMILES string of the molecule is Nc1ccc(O)cc1C(=O)Nc1ccc2c(c1)CCC2. The Morgan fingerprint density at radius 2 is 1.90 bits per heavy atom. The monoisotopic (exact) mass is 268 g/mol. The highest BCUT2D eigenvalue weighted by Crippen LogP contribution is 2.26. The van der Waals surface area contributed by atoms with Crippen molar-refractivity contribution in [2.45, 2.75) is 19.3 Å². The number of nitrogen functional groups attached to an aromatic ring is 1. The number of anilines is 2. The second-order valence-corrected chi connectivity index (χ2v) is 5.06. The summed E-state index contributed by atoms with van der Waals surface area (Å²) < 4.78 is 0. The lowest BCUT2D eigenvalue weighted by Crippen LogP contribution is -2.14. The van der Waals surface area contributed by atoms with Gasteiger partial charge in [0.1, 0.15) is 5.75 Å². The lowest BCUT2D eigenvalue weighted by atomic mass is 10.1. The topological polar surface area (TPSA) is 75.3 Å². The van der Waals surface area contributed by atoms with E-state index in [0.717, 1.165) is 18.5 Å². The smallest absolute Gasteiger partial charge is 0.257 e.